The summed E-state index contributed by atoms with van der Waals surface area (Å²) in [5.74, 6) is -2.45. The Labute approximate surface area is 105 Å². The standard InChI is InChI=1S/C13H17F2NO2/c1-13(2,12(17)18)11(16(3)4)9-6-5-8(14)7-10(9)15/h5-7,11H,1-4H3,(H,17,18). The Bertz CT molecular complexity index is 458. The van der Waals surface area contributed by atoms with Gasteiger partial charge >= 0.3 is 5.97 Å². The van der Waals surface area contributed by atoms with E-state index >= 15 is 0 Å². The summed E-state index contributed by atoms with van der Waals surface area (Å²) in [5, 5.41) is 9.24. The van der Waals surface area contributed by atoms with Crippen LogP contribution in [0.2, 0.25) is 0 Å². The first-order valence-corrected chi connectivity index (χ1v) is 5.52. The monoisotopic (exact) mass is 257 g/mol. The topological polar surface area (TPSA) is 40.5 Å². The average Bonchev–Trinajstić information content (AvgIpc) is 2.20. The Morgan fingerprint density at radius 3 is 2.28 bits per heavy atom. The number of nitrogens with zero attached hydrogens (tertiary/aromatic N) is 1. The lowest BCUT2D eigenvalue weighted by molar-refractivity contribution is -0.150. The van der Waals surface area contributed by atoms with Crippen LogP contribution in [-0.2, 0) is 4.79 Å². The van der Waals surface area contributed by atoms with Gasteiger partial charge in [0.05, 0.1) is 11.5 Å². The average molecular weight is 257 g/mol. The smallest absolute Gasteiger partial charge is 0.311 e. The Morgan fingerprint density at radius 1 is 1.33 bits per heavy atom. The van der Waals surface area contributed by atoms with E-state index in [2.05, 4.69) is 0 Å². The highest BCUT2D eigenvalue weighted by atomic mass is 19.1. The van der Waals surface area contributed by atoms with Gasteiger partial charge in [0, 0.05) is 11.6 Å². The third kappa shape index (κ3) is 2.67. The van der Waals surface area contributed by atoms with Crippen LogP contribution >= 0.6 is 0 Å². The third-order valence-corrected chi connectivity index (χ3v) is 3.01. The van der Waals surface area contributed by atoms with E-state index in [1.54, 1.807) is 19.0 Å². The first kappa shape index (κ1) is 14.6. The third-order valence-electron chi connectivity index (χ3n) is 3.01. The van der Waals surface area contributed by atoms with Crippen LogP contribution < -0.4 is 0 Å². The Morgan fingerprint density at radius 2 is 1.89 bits per heavy atom. The molecule has 1 atom stereocenters. The number of rotatable bonds is 4. The summed E-state index contributed by atoms with van der Waals surface area (Å²) in [5.41, 5.74) is -1.02. The van der Waals surface area contributed by atoms with Crippen molar-refractivity contribution in [3.8, 4) is 0 Å². The van der Waals surface area contributed by atoms with Crippen molar-refractivity contribution in [2.45, 2.75) is 19.9 Å². The predicted octanol–water partition coefficient (Wildman–Crippen LogP) is 2.68. The van der Waals surface area contributed by atoms with Gasteiger partial charge in [0.15, 0.2) is 0 Å². The highest BCUT2D eigenvalue weighted by Crippen LogP contribution is 2.38. The summed E-state index contributed by atoms with van der Waals surface area (Å²) in [6.45, 7) is 3.03. The number of aliphatic carboxylic acids is 1. The van der Waals surface area contributed by atoms with E-state index < -0.39 is 29.1 Å². The Kier molecular flexibility index (Phi) is 4.06. The SMILES string of the molecule is CN(C)C(c1ccc(F)cc1F)C(C)(C)C(=O)O. The molecule has 1 aromatic carbocycles. The maximum Gasteiger partial charge on any atom is 0.311 e. The van der Waals surface area contributed by atoms with Crippen molar-refractivity contribution in [1.29, 1.82) is 0 Å². The summed E-state index contributed by atoms with van der Waals surface area (Å²) >= 11 is 0. The van der Waals surface area contributed by atoms with Crippen molar-refractivity contribution in [3.63, 3.8) is 0 Å². The first-order chi connectivity index (χ1) is 8.17. The van der Waals surface area contributed by atoms with Crippen LogP contribution in [0, 0.1) is 17.0 Å². The lowest BCUT2D eigenvalue weighted by Crippen LogP contribution is -2.39. The summed E-state index contributed by atoms with van der Waals surface area (Å²) < 4.78 is 26.7. The molecular formula is C13H17F2NO2. The van der Waals surface area contributed by atoms with E-state index in [4.69, 9.17) is 0 Å². The number of halogens is 2. The number of benzene rings is 1. The number of hydrogen-bond acceptors (Lipinski definition) is 2. The molecule has 1 aromatic rings. The second-order valence-corrected chi connectivity index (χ2v) is 5.06. The molecule has 0 fully saturated rings. The molecule has 0 aliphatic carbocycles. The fourth-order valence-electron chi connectivity index (χ4n) is 2.15. The van der Waals surface area contributed by atoms with Gasteiger partial charge in [-0.25, -0.2) is 8.78 Å². The van der Waals surface area contributed by atoms with Crippen molar-refractivity contribution in [2.24, 2.45) is 5.41 Å². The molecular weight excluding hydrogens is 240 g/mol. The van der Waals surface area contributed by atoms with Gasteiger partial charge in [0.25, 0.3) is 0 Å². The van der Waals surface area contributed by atoms with E-state index in [-0.39, 0.29) is 5.56 Å². The number of carbonyl (C=O) groups is 1. The zero-order valence-electron chi connectivity index (χ0n) is 10.9. The predicted molar refractivity (Wildman–Crippen MR) is 64.2 cm³/mol. The fraction of sp³-hybridized carbons (Fsp3) is 0.462. The summed E-state index contributed by atoms with van der Waals surface area (Å²) in [6, 6.07) is 2.51. The van der Waals surface area contributed by atoms with E-state index in [1.807, 2.05) is 0 Å². The molecule has 0 aromatic heterocycles. The van der Waals surface area contributed by atoms with Gasteiger partial charge in [-0.05, 0) is 34.0 Å². The maximum atomic E-state index is 13.8. The molecule has 0 aliphatic rings. The maximum absolute atomic E-state index is 13.8. The van der Waals surface area contributed by atoms with Crippen molar-refractivity contribution in [2.75, 3.05) is 14.1 Å². The second kappa shape index (κ2) is 5.02. The van der Waals surface area contributed by atoms with Crippen LogP contribution in [0.4, 0.5) is 8.78 Å². The largest absolute Gasteiger partial charge is 0.481 e. The number of carboxylic acids is 1. The molecule has 1 N–H and O–H groups in total. The molecule has 18 heavy (non-hydrogen) atoms. The van der Waals surface area contributed by atoms with Crippen LogP contribution in [0.1, 0.15) is 25.5 Å². The Balaban J connectivity index is 3.34. The lowest BCUT2D eigenvalue weighted by Gasteiger charge is -2.36. The zero-order chi connectivity index (χ0) is 14.1. The van der Waals surface area contributed by atoms with E-state index in [0.717, 1.165) is 12.1 Å². The lowest BCUT2D eigenvalue weighted by atomic mass is 9.79. The summed E-state index contributed by atoms with van der Waals surface area (Å²) in [4.78, 5) is 12.9. The van der Waals surface area contributed by atoms with Gasteiger partial charge in [-0.2, -0.15) is 0 Å². The van der Waals surface area contributed by atoms with Crippen LogP contribution in [0.3, 0.4) is 0 Å². The molecule has 0 saturated heterocycles. The van der Waals surface area contributed by atoms with Crippen LogP contribution in [0.15, 0.2) is 18.2 Å². The zero-order valence-corrected chi connectivity index (χ0v) is 10.9. The molecule has 0 saturated carbocycles. The van der Waals surface area contributed by atoms with E-state index in [9.17, 15) is 18.7 Å². The molecule has 1 rings (SSSR count). The van der Waals surface area contributed by atoms with Crippen LogP contribution in [0.25, 0.3) is 0 Å². The van der Waals surface area contributed by atoms with Gasteiger partial charge in [0.2, 0.25) is 0 Å². The highest BCUT2D eigenvalue weighted by molar-refractivity contribution is 5.75. The minimum atomic E-state index is -1.19. The van der Waals surface area contributed by atoms with Crippen LogP contribution in [-0.4, -0.2) is 30.1 Å². The fourth-order valence-corrected chi connectivity index (χ4v) is 2.15. The van der Waals surface area contributed by atoms with Gasteiger partial charge in [-0.15, -0.1) is 0 Å². The molecule has 0 amide bonds. The Hall–Kier alpha value is -1.49. The molecule has 1 unspecified atom stereocenters. The summed E-state index contributed by atoms with van der Waals surface area (Å²) in [7, 11) is 3.33. The molecule has 0 aliphatic heterocycles. The molecule has 100 valence electrons. The molecule has 3 nitrogen and oxygen atoms in total. The van der Waals surface area contributed by atoms with Gasteiger partial charge < -0.3 is 10.0 Å². The molecule has 0 bridgehead atoms. The minimum absolute atomic E-state index is 0.175. The van der Waals surface area contributed by atoms with Gasteiger partial charge in [-0.1, -0.05) is 6.07 Å². The van der Waals surface area contributed by atoms with Crippen molar-refractivity contribution in [3.05, 3.63) is 35.4 Å². The van der Waals surface area contributed by atoms with E-state index in [1.165, 1.54) is 19.9 Å². The number of hydrogen-bond donors (Lipinski definition) is 1. The van der Waals surface area contributed by atoms with Crippen molar-refractivity contribution < 1.29 is 18.7 Å². The van der Waals surface area contributed by atoms with E-state index in [0.29, 0.717) is 0 Å². The molecule has 0 radical (unpaired) electrons. The number of carboxylic acid groups (broad SMARTS) is 1. The van der Waals surface area contributed by atoms with Crippen LogP contribution in [0.5, 0.6) is 0 Å². The minimum Gasteiger partial charge on any atom is -0.481 e. The molecule has 5 heteroatoms. The van der Waals surface area contributed by atoms with Gasteiger partial charge in [-0.3, -0.25) is 4.79 Å². The molecule has 0 spiro atoms. The normalized spacial score (nSPS) is 13.7. The van der Waals surface area contributed by atoms with Crippen molar-refractivity contribution in [1.82, 2.24) is 4.90 Å². The highest BCUT2D eigenvalue weighted by Gasteiger charge is 2.40. The van der Waals surface area contributed by atoms with Gasteiger partial charge in [0.1, 0.15) is 11.6 Å². The second-order valence-electron chi connectivity index (χ2n) is 5.06. The van der Waals surface area contributed by atoms with Crippen molar-refractivity contribution >= 4 is 5.97 Å². The first-order valence-electron chi connectivity index (χ1n) is 5.52. The summed E-state index contributed by atoms with van der Waals surface area (Å²) in [6.07, 6.45) is 0. The molecule has 0 heterocycles. The quantitative estimate of drug-likeness (QED) is 0.901.